The quantitative estimate of drug-likeness (QED) is 0.911. The molecule has 6 nitrogen and oxygen atoms in total. The van der Waals surface area contributed by atoms with Crippen LogP contribution in [0.3, 0.4) is 0 Å². The number of amides is 2. The Labute approximate surface area is 139 Å². The van der Waals surface area contributed by atoms with Gasteiger partial charge in [-0.2, -0.15) is 0 Å². The van der Waals surface area contributed by atoms with Crippen molar-refractivity contribution in [2.24, 2.45) is 0 Å². The van der Waals surface area contributed by atoms with Gasteiger partial charge < -0.3 is 19.7 Å². The predicted octanol–water partition coefficient (Wildman–Crippen LogP) is 1.74. The van der Waals surface area contributed by atoms with Crippen molar-refractivity contribution in [3.63, 3.8) is 0 Å². The third-order valence-electron chi connectivity index (χ3n) is 4.08. The number of ether oxygens (including phenoxy) is 2. The SMILES string of the molecule is CC(=O)N1CCCC1C(=O)NCc1cc(Cl)c2c(c1)OCCO2. The van der Waals surface area contributed by atoms with Crippen molar-refractivity contribution >= 4 is 23.4 Å². The van der Waals surface area contributed by atoms with Gasteiger partial charge in [-0.15, -0.1) is 0 Å². The number of hydrogen-bond acceptors (Lipinski definition) is 4. The molecule has 1 atom stereocenters. The highest BCUT2D eigenvalue weighted by molar-refractivity contribution is 6.32. The summed E-state index contributed by atoms with van der Waals surface area (Å²) in [6.07, 6.45) is 1.56. The molecule has 0 aliphatic carbocycles. The molecule has 1 saturated heterocycles. The van der Waals surface area contributed by atoms with Crippen LogP contribution in [0.25, 0.3) is 0 Å². The van der Waals surface area contributed by atoms with E-state index in [4.69, 9.17) is 21.1 Å². The molecule has 1 N–H and O–H groups in total. The van der Waals surface area contributed by atoms with Crippen LogP contribution in [0, 0.1) is 0 Å². The molecule has 3 rings (SSSR count). The van der Waals surface area contributed by atoms with Gasteiger partial charge in [0.25, 0.3) is 0 Å². The lowest BCUT2D eigenvalue weighted by Gasteiger charge is -2.23. The Morgan fingerprint density at radius 2 is 2.13 bits per heavy atom. The minimum Gasteiger partial charge on any atom is -0.486 e. The van der Waals surface area contributed by atoms with E-state index in [0.29, 0.717) is 49.2 Å². The molecule has 1 aromatic carbocycles. The average molecular weight is 339 g/mol. The molecule has 0 aromatic heterocycles. The fourth-order valence-corrected chi connectivity index (χ4v) is 3.28. The van der Waals surface area contributed by atoms with Gasteiger partial charge >= 0.3 is 0 Å². The first-order valence-corrected chi connectivity index (χ1v) is 8.07. The van der Waals surface area contributed by atoms with Crippen LogP contribution in [0.1, 0.15) is 25.3 Å². The molecular formula is C16H19ClN2O4. The zero-order valence-electron chi connectivity index (χ0n) is 12.9. The van der Waals surface area contributed by atoms with Crippen molar-refractivity contribution in [1.29, 1.82) is 0 Å². The highest BCUT2D eigenvalue weighted by atomic mass is 35.5. The molecule has 2 amide bonds. The standard InChI is InChI=1S/C16H19ClN2O4/c1-10(20)19-4-2-3-13(19)16(21)18-9-11-7-12(17)15-14(8-11)22-5-6-23-15/h7-8,13H,2-6,9H2,1H3,(H,18,21). The highest BCUT2D eigenvalue weighted by Gasteiger charge is 2.32. The molecule has 0 radical (unpaired) electrons. The number of halogens is 1. The van der Waals surface area contributed by atoms with Crippen LogP contribution >= 0.6 is 11.6 Å². The number of nitrogens with zero attached hydrogens (tertiary/aromatic N) is 1. The van der Waals surface area contributed by atoms with Gasteiger partial charge in [0.15, 0.2) is 11.5 Å². The normalized spacial score (nSPS) is 19.6. The summed E-state index contributed by atoms with van der Waals surface area (Å²) in [5.41, 5.74) is 0.833. The summed E-state index contributed by atoms with van der Waals surface area (Å²) in [7, 11) is 0. The van der Waals surface area contributed by atoms with E-state index >= 15 is 0 Å². The lowest BCUT2D eigenvalue weighted by Crippen LogP contribution is -2.44. The van der Waals surface area contributed by atoms with Crippen molar-refractivity contribution in [1.82, 2.24) is 10.2 Å². The summed E-state index contributed by atoms with van der Waals surface area (Å²) < 4.78 is 11.0. The van der Waals surface area contributed by atoms with E-state index in [1.807, 2.05) is 6.07 Å². The Morgan fingerprint density at radius 3 is 2.91 bits per heavy atom. The van der Waals surface area contributed by atoms with Crippen molar-refractivity contribution in [3.8, 4) is 11.5 Å². The van der Waals surface area contributed by atoms with E-state index in [0.717, 1.165) is 12.0 Å². The summed E-state index contributed by atoms with van der Waals surface area (Å²) in [6.45, 7) is 3.42. The van der Waals surface area contributed by atoms with E-state index in [-0.39, 0.29) is 17.9 Å². The van der Waals surface area contributed by atoms with Crippen LogP contribution in [0.4, 0.5) is 0 Å². The Bertz CT molecular complexity index is 635. The Hall–Kier alpha value is -1.95. The number of benzene rings is 1. The highest BCUT2D eigenvalue weighted by Crippen LogP contribution is 2.38. The van der Waals surface area contributed by atoms with Crippen molar-refractivity contribution in [3.05, 3.63) is 22.7 Å². The lowest BCUT2D eigenvalue weighted by molar-refractivity contribution is -0.136. The molecule has 2 aliphatic rings. The molecule has 1 unspecified atom stereocenters. The van der Waals surface area contributed by atoms with Crippen LogP contribution in [-0.4, -0.2) is 42.5 Å². The number of nitrogens with one attached hydrogen (secondary N) is 1. The Balaban J connectivity index is 1.65. The monoisotopic (exact) mass is 338 g/mol. The van der Waals surface area contributed by atoms with E-state index < -0.39 is 0 Å². The zero-order chi connectivity index (χ0) is 16.4. The van der Waals surface area contributed by atoms with Crippen LogP contribution in [0.5, 0.6) is 11.5 Å². The van der Waals surface area contributed by atoms with Gasteiger partial charge in [-0.25, -0.2) is 0 Å². The summed E-state index contributed by atoms with van der Waals surface area (Å²) in [6, 6.07) is 3.20. The maximum atomic E-state index is 12.3. The van der Waals surface area contributed by atoms with Gasteiger partial charge in [0.05, 0.1) is 5.02 Å². The van der Waals surface area contributed by atoms with Crippen LogP contribution in [0.2, 0.25) is 5.02 Å². The second-order valence-electron chi connectivity index (χ2n) is 5.69. The molecule has 1 fully saturated rings. The first-order valence-electron chi connectivity index (χ1n) is 7.69. The van der Waals surface area contributed by atoms with Gasteiger partial charge in [-0.3, -0.25) is 9.59 Å². The van der Waals surface area contributed by atoms with Crippen molar-refractivity contribution in [2.45, 2.75) is 32.4 Å². The summed E-state index contributed by atoms with van der Waals surface area (Å²) in [4.78, 5) is 25.5. The van der Waals surface area contributed by atoms with Gasteiger partial charge in [-0.05, 0) is 30.5 Å². The molecule has 7 heteroatoms. The van der Waals surface area contributed by atoms with Crippen LogP contribution in [-0.2, 0) is 16.1 Å². The van der Waals surface area contributed by atoms with E-state index in [1.165, 1.54) is 6.92 Å². The first-order chi connectivity index (χ1) is 11.1. The van der Waals surface area contributed by atoms with Crippen molar-refractivity contribution < 1.29 is 19.1 Å². The predicted molar refractivity (Wildman–Crippen MR) is 84.7 cm³/mol. The maximum Gasteiger partial charge on any atom is 0.243 e. The van der Waals surface area contributed by atoms with E-state index in [2.05, 4.69) is 5.32 Å². The first kappa shape index (κ1) is 15.9. The molecule has 0 saturated carbocycles. The zero-order valence-corrected chi connectivity index (χ0v) is 13.7. The van der Waals surface area contributed by atoms with E-state index in [1.54, 1.807) is 11.0 Å². The second kappa shape index (κ2) is 6.66. The van der Waals surface area contributed by atoms with Crippen LogP contribution in [0.15, 0.2) is 12.1 Å². The molecule has 2 aliphatic heterocycles. The lowest BCUT2D eigenvalue weighted by atomic mass is 10.1. The molecule has 0 spiro atoms. The smallest absolute Gasteiger partial charge is 0.243 e. The summed E-state index contributed by atoms with van der Waals surface area (Å²) >= 11 is 6.18. The molecule has 124 valence electrons. The Kier molecular flexibility index (Phi) is 4.61. The van der Waals surface area contributed by atoms with Gasteiger partial charge in [0.2, 0.25) is 11.8 Å². The number of fused-ring (bicyclic) bond motifs is 1. The average Bonchev–Trinajstić information content (AvgIpc) is 3.02. The molecular weight excluding hydrogens is 320 g/mol. The number of hydrogen-bond donors (Lipinski definition) is 1. The summed E-state index contributed by atoms with van der Waals surface area (Å²) in [5.74, 6) is 0.944. The van der Waals surface area contributed by atoms with Gasteiger partial charge in [0, 0.05) is 20.0 Å². The van der Waals surface area contributed by atoms with Crippen LogP contribution < -0.4 is 14.8 Å². The maximum absolute atomic E-state index is 12.3. The third-order valence-corrected chi connectivity index (χ3v) is 4.36. The molecule has 1 aromatic rings. The molecule has 0 bridgehead atoms. The second-order valence-corrected chi connectivity index (χ2v) is 6.10. The topological polar surface area (TPSA) is 67.9 Å². The molecule has 2 heterocycles. The number of carbonyl (C=O) groups is 2. The molecule has 23 heavy (non-hydrogen) atoms. The fraction of sp³-hybridized carbons (Fsp3) is 0.500. The van der Waals surface area contributed by atoms with Gasteiger partial charge in [-0.1, -0.05) is 11.6 Å². The Morgan fingerprint density at radius 1 is 1.35 bits per heavy atom. The minimum absolute atomic E-state index is 0.0648. The number of likely N-dealkylation sites (tertiary alicyclic amines) is 1. The largest absolute Gasteiger partial charge is 0.486 e. The fourth-order valence-electron chi connectivity index (χ4n) is 2.99. The number of rotatable bonds is 3. The minimum atomic E-state index is -0.375. The van der Waals surface area contributed by atoms with E-state index in [9.17, 15) is 9.59 Å². The van der Waals surface area contributed by atoms with Gasteiger partial charge in [0.1, 0.15) is 19.3 Å². The van der Waals surface area contributed by atoms with Crippen molar-refractivity contribution in [2.75, 3.05) is 19.8 Å². The number of carbonyl (C=O) groups excluding carboxylic acids is 2. The summed E-state index contributed by atoms with van der Waals surface area (Å²) in [5, 5.41) is 3.34. The third kappa shape index (κ3) is 3.37.